The van der Waals surface area contributed by atoms with Gasteiger partial charge in [0.15, 0.2) is 0 Å². The molecule has 1 saturated heterocycles. The summed E-state index contributed by atoms with van der Waals surface area (Å²) in [5, 5.41) is 3.15. The van der Waals surface area contributed by atoms with Gasteiger partial charge < -0.3 is 25.6 Å². The molecule has 0 spiro atoms. The number of piperazine rings is 1. The maximum absolute atomic E-state index is 12.1. The van der Waals surface area contributed by atoms with Gasteiger partial charge in [-0.2, -0.15) is 0 Å². The zero-order valence-electron chi connectivity index (χ0n) is 13.8. The quantitative estimate of drug-likeness (QED) is 0.821. The Labute approximate surface area is 132 Å². The van der Waals surface area contributed by atoms with Crippen LogP contribution in [0.3, 0.4) is 0 Å². The third-order valence-corrected chi connectivity index (χ3v) is 3.60. The third-order valence-electron chi connectivity index (χ3n) is 3.60. The highest BCUT2D eigenvalue weighted by atomic mass is 16.6. The Balaban J connectivity index is 2.01. The summed E-state index contributed by atoms with van der Waals surface area (Å²) >= 11 is 0. The largest absolute Gasteiger partial charge is 0.444 e. The van der Waals surface area contributed by atoms with Gasteiger partial charge >= 0.3 is 6.09 Å². The van der Waals surface area contributed by atoms with Gasteiger partial charge in [-0.15, -0.1) is 0 Å². The van der Waals surface area contributed by atoms with Gasteiger partial charge in [-0.3, -0.25) is 0 Å². The maximum Gasteiger partial charge on any atom is 0.410 e. The van der Waals surface area contributed by atoms with Crippen molar-refractivity contribution in [3.05, 3.63) is 18.2 Å². The first-order valence-electron chi connectivity index (χ1n) is 7.61. The molecular weight excluding hydrogens is 280 g/mol. The number of carbonyl (C=O) groups excluding carboxylic acids is 1. The molecule has 0 radical (unpaired) electrons. The van der Waals surface area contributed by atoms with Gasteiger partial charge in [0.2, 0.25) is 0 Å². The normalized spacial score (nSPS) is 15.6. The van der Waals surface area contributed by atoms with E-state index in [1.807, 2.05) is 46.0 Å². The van der Waals surface area contributed by atoms with Gasteiger partial charge in [-0.1, -0.05) is 6.07 Å². The van der Waals surface area contributed by atoms with Gasteiger partial charge in [0, 0.05) is 33.2 Å². The van der Waals surface area contributed by atoms with Crippen molar-refractivity contribution in [2.24, 2.45) is 0 Å². The summed E-state index contributed by atoms with van der Waals surface area (Å²) in [5.74, 6) is 0. The van der Waals surface area contributed by atoms with Gasteiger partial charge in [0.05, 0.1) is 17.1 Å². The van der Waals surface area contributed by atoms with E-state index in [1.165, 1.54) is 0 Å². The van der Waals surface area contributed by atoms with E-state index in [2.05, 4.69) is 10.2 Å². The lowest BCUT2D eigenvalue weighted by Gasteiger charge is -2.37. The van der Waals surface area contributed by atoms with Crippen LogP contribution in [0, 0.1) is 0 Å². The highest BCUT2D eigenvalue weighted by Gasteiger charge is 2.26. The van der Waals surface area contributed by atoms with Crippen molar-refractivity contribution in [1.82, 2.24) is 4.90 Å². The van der Waals surface area contributed by atoms with Crippen molar-refractivity contribution >= 4 is 23.2 Å². The zero-order chi connectivity index (χ0) is 16.3. The predicted molar refractivity (Wildman–Crippen MR) is 90.4 cm³/mol. The van der Waals surface area contributed by atoms with Crippen LogP contribution >= 0.6 is 0 Å². The molecule has 0 aliphatic carbocycles. The van der Waals surface area contributed by atoms with Crippen LogP contribution in [0.1, 0.15) is 20.8 Å². The summed E-state index contributed by atoms with van der Waals surface area (Å²) in [6, 6.07) is 5.88. The first-order valence-corrected chi connectivity index (χ1v) is 7.61. The van der Waals surface area contributed by atoms with E-state index in [0.717, 1.165) is 30.2 Å². The molecule has 2 rings (SSSR count). The average molecular weight is 306 g/mol. The van der Waals surface area contributed by atoms with E-state index in [4.69, 9.17) is 10.5 Å². The van der Waals surface area contributed by atoms with E-state index in [-0.39, 0.29) is 6.09 Å². The van der Waals surface area contributed by atoms with Crippen molar-refractivity contribution < 1.29 is 9.53 Å². The second-order valence-corrected chi connectivity index (χ2v) is 6.45. The number of rotatable bonds is 2. The van der Waals surface area contributed by atoms with E-state index in [9.17, 15) is 4.79 Å². The number of hydrogen-bond acceptors (Lipinski definition) is 5. The van der Waals surface area contributed by atoms with Crippen LogP contribution in [-0.2, 0) is 4.74 Å². The minimum Gasteiger partial charge on any atom is -0.444 e. The molecule has 6 nitrogen and oxygen atoms in total. The summed E-state index contributed by atoms with van der Waals surface area (Å²) in [6.07, 6.45) is -0.242. The fraction of sp³-hybridized carbons (Fsp3) is 0.562. The molecule has 0 saturated carbocycles. The number of amides is 1. The van der Waals surface area contributed by atoms with Crippen LogP contribution < -0.4 is 16.0 Å². The Kier molecular flexibility index (Phi) is 4.68. The van der Waals surface area contributed by atoms with Crippen LogP contribution in [0.4, 0.5) is 21.9 Å². The highest BCUT2D eigenvalue weighted by molar-refractivity contribution is 5.82. The Morgan fingerprint density at radius 1 is 1.23 bits per heavy atom. The molecule has 122 valence electrons. The molecule has 1 aromatic carbocycles. The van der Waals surface area contributed by atoms with Gasteiger partial charge in [-0.05, 0) is 32.9 Å². The molecule has 6 heteroatoms. The second kappa shape index (κ2) is 6.34. The molecular formula is C16H26N4O2. The Morgan fingerprint density at radius 3 is 2.41 bits per heavy atom. The first kappa shape index (κ1) is 16.3. The van der Waals surface area contributed by atoms with E-state index in [1.54, 1.807) is 4.90 Å². The minimum absolute atomic E-state index is 0.242. The molecule has 3 N–H and O–H groups in total. The average Bonchev–Trinajstić information content (AvgIpc) is 2.45. The molecule has 0 aromatic heterocycles. The smallest absolute Gasteiger partial charge is 0.410 e. The van der Waals surface area contributed by atoms with E-state index >= 15 is 0 Å². The topological polar surface area (TPSA) is 70.8 Å². The number of carbonyl (C=O) groups is 1. The summed E-state index contributed by atoms with van der Waals surface area (Å²) in [7, 11) is 1.87. The lowest BCUT2D eigenvalue weighted by molar-refractivity contribution is 0.0240. The minimum atomic E-state index is -0.457. The van der Waals surface area contributed by atoms with E-state index < -0.39 is 5.60 Å². The molecule has 1 heterocycles. The summed E-state index contributed by atoms with van der Waals surface area (Å²) in [4.78, 5) is 16.1. The highest BCUT2D eigenvalue weighted by Crippen LogP contribution is 2.31. The molecule has 1 aliphatic heterocycles. The lowest BCUT2D eigenvalue weighted by Crippen LogP contribution is -2.50. The first-order chi connectivity index (χ1) is 10.3. The number of nitrogen functional groups attached to an aromatic ring is 1. The molecule has 1 aliphatic rings. The third kappa shape index (κ3) is 3.75. The number of nitrogens with one attached hydrogen (secondary N) is 1. The number of ether oxygens (including phenoxy) is 1. The number of anilines is 3. The number of nitrogens with zero attached hydrogens (tertiary/aromatic N) is 2. The number of hydrogen-bond donors (Lipinski definition) is 2. The van der Waals surface area contributed by atoms with Gasteiger partial charge in [0.25, 0.3) is 0 Å². The second-order valence-electron chi connectivity index (χ2n) is 6.45. The van der Waals surface area contributed by atoms with Crippen LogP contribution in [0.15, 0.2) is 18.2 Å². The van der Waals surface area contributed by atoms with Gasteiger partial charge in [0.1, 0.15) is 5.60 Å². The fourth-order valence-electron chi connectivity index (χ4n) is 2.55. The fourth-order valence-corrected chi connectivity index (χ4v) is 2.55. The monoisotopic (exact) mass is 306 g/mol. The molecule has 0 unspecified atom stereocenters. The number of para-hydroxylation sites is 1. The van der Waals surface area contributed by atoms with Crippen molar-refractivity contribution in [2.45, 2.75) is 26.4 Å². The van der Waals surface area contributed by atoms with Crippen molar-refractivity contribution in [1.29, 1.82) is 0 Å². The SMILES string of the molecule is CNc1c(N)cccc1N1CCN(C(=O)OC(C)(C)C)CC1. The maximum atomic E-state index is 12.1. The van der Waals surface area contributed by atoms with Gasteiger partial charge in [-0.25, -0.2) is 4.79 Å². The number of nitrogens with two attached hydrogens (primary N) is 1. The summed E-state index contributed by atoms with van der Waals surface area (Å²) < 4.78 is 5.42. The van der Waals surface area contributed by atoms with Crippen LogP contribution in [0.2, 0.25) is 0 Å². The summed E-state index contributed by atoms with van der Waals surface area (Å²) in [6.45, 7) is 8.46. The Morgan fingerprint density at radius 2 is 1.86 bits per heavy atom. The molecule has 1 aromatic rings. The lowest BCUT2D eigenvalue weighted by atomic mass is 10.2. The molecule has 0 atom stereocenters. The van der Waals surface area contributed by atoms with Crippen LogP contribution in [-0.4, -0.2) is 49.8 Å². The number of benzene rings is 1. The molecule has 1 amide bonds. The summed E-state index contributed by atoms with van der Waals surface area (Å²) in [5.41, 5.74) is 8.30. The Bertz CT molecular complexity index is 531. The zero-order valence-corrected chi connectivity index (χ0v) is 13.8. The standard InChI is InChI=1S/C16H26N4O2/c1-16(2,3)22-15(21)20-10-8-19(9-11-20)13-7-5-6-12(17)14(13)18-4/h5-7,18H,8-11,17H2,1-4H3. The Hall–Kier alpha value is -2.11. The van der Waals surface area contributed by atoms with E-state index in [0.29, 0.717) is 13.1 Å². The molecule has 1 fully saturated rings. The van der Waals surface area contributed by atoms with Crippen molar-refractivity contribution in [3.63, 3.8) is 0 Å². The molecule has 22 heavy (non-hydrogen) atoms. The van der Waals surface area contributed by atoms with Crippen molar-refractivity contribution in [2.75, 3.05) is 49.2 Å². The van der Waals surface area contributed by atoms with Crippen LogP contribution in [0.5, 0.6) is 0 Å². The molecule has 0 bridgehead atoms. The van der Waals surface area contributed by atoms with Crippen molar-refractivity contribution in [3.8, 4) is 0 Å². The van der Waals surface area contributed by atoms with Crippen LogP contribution in [0.25, 0.3) is 0 Å². The predicted octanol–water partition coefficient (Wildman–Crippen LogP) is 2.37.